The van der Waals surface area contributed by atoms with Gasteiger partial charge in [0.25, 0.3) is 0 Å². The number of aryl methyl sites for hydroxylation is 1. The van der Waals surface area contributed by atoms with E-state index < -0.39 is 5.76 Å². The van der Waals surface area contributed by atoms with Crippen LogP contribution in [0.25, 0.3) is 11.1 Å². The van der Waals surface area contributed by atoms with Gasteiger partial charge in [-0.3, -0.25) is 9.88 Å². The van der Waals surface area contributed by atoms with Crippen LogP contribution >= 0.6 is 0 Å². The average Bonchev–Trinajstić information content (AvgIpc) is 3.14. The fourth-order valence-electron chi connectivity index (χ4n) is 4.72. The summed E-state index contributed by atoms with van der Waals surface area (Å²) < 4.78 is 18.3. The van der Waals surface area contributed by atoms with E-state index in [4.69, 9.17) is 4.42 Å². The summed E-state index contributed by atoms with van der Waals surface area (Å²) in [4.78, 5) is 16.6. The molecule has 1 N–H and O–H groups in total. The molecule has 1 heterocycles. The molecule has 3 aromatic rings. The first kappa shape index (κ1) is 20.6. The van der Waals surface area contributed by atoms with Crippen molar-refractivity contribution >= 4 is 11.1 Å². The Labute approximate surface area is 176 Å². The summed E-state index contributed by atoms with van der Waals surface area (Å²) in [6.07, 6.45) is 8.60. The second-order valence-corrected chi connectivity index (χ2v) is 8.29. The van der Waals surface area contributed by atoms with Crippen molar-refractivity contribution < 1.29 is 8.81 Å². The molecule has 0 spiro atoms. The highest BCUT2D eigenvalue weighted by Gasteiger charge is 2.26. The van der Waals surface area contributed by atoms with E-state index in [-0.39, 0.29) is 5.82 Å². The highest BCUT2D eigenvalue weighted by atomic mass is 19.1. The van der Waals surface area contributed by atoms with Crippen LogP contribution in [0.2, 0.25) is 0 Å². The van der Waals surface area contributed by atoms with Crippen LogP contribution in [0.5, 0.6) is 0 Å². The Morgan fingerprint density at radius 2 is 1.90 bits per heavy atom. The molecule has 0 amide bonds. The Balaban J connectivity index is 1.32. The van der Waals surface area contributed by atoms with Crippen molar-refractivity contribution in [2.45, 2.75) is 50.5 Å². The number of benzene rings is 2. The van der Waals surface area contributed by atoms with Gasteiger partial charge in [-0.1, -0.05) is 24.3 Å². The lowest BCUT2D eigenvalue weighted by molar-refractivity contribution is 0.162. The molecule has 2 aromatic carbocycles. The van der Waals surface area contributed by atoms with E-state index in [2.05, 4.69) is 22.5 Å². The van der Waals surface area contributed by atoms with Gasteiger partial charge in [-0.05, 0) is 86.4 Å². The molecule has 4 rings (SSSR count). The van der Waals surface area contributed by atoms with Gasteiger partial charge in [0.15, 0.2) is 5.58 Å². The predicted octanol–water partition coefficient (Wildman–Crippen LogP) is 5.41. The van der Waals surface area contributed by atoms with Crippen molar-refractivity contribution in [3.63, 3.8) is 0 Å². The molecule has 1 saturated carbocycles. The number of hydrogen-bond donors (Lipinski definition) is 1. The number of rotatable bonds is 8. The predicted molar refractivity (Wildman–Crippen MR) is 118 cm³/mol. The lowest BCUT2D eigenvalue weighted by Crippen LogP contribution is -2.38. The average molecular weight is 409 g/mol. The van der Waals surface area contributed by atoms with Gasteiger partial charge in [0.1, 0.15) is 5.82 Å². The first-order valence-corrected chi connectivity index (χ1v) is 10.8. The molecule has 0 atom stereocenters. The monoisotopic (exact) mass is 408 g/mol. The summed E-state index contributed by atoms with van der Waals surface area (Å²) in [5, 5.41) is 0. The summed E-state index contributed by atoms with van der Waals surface area (Å²) in [5.41, 5.74) is 3.85. The van der Waals surface area contributed by atoms with Crippen molar-refractivity contribution in [3.05, 3.63) is 82.6 Å². The fourth-order valence-corrected chi connectivity index (χ4v) is 4.72. The second kappa shape index (κ2) is 9.43. The van der Waals surface area contributed by atoms with E-state index >= 15 is 0 Å². The molecule has 1 aliphatic rings. The maximum absolute atomic E-state index is 13.1. The highest BCUT2D eigenvalue weighted by molar-refractivity contribution is 5.72. The van der Waals surface area contributed by atoms with Crippen LogP contribution in [0.15, 0.2) is 64.3 Å². The standard InChI is InChI=1S/C25H29FN2O2/c1-2-15-28(16-3-4-18-5-10-21(26)11-6-18)22-12-7-19(8-13-22)20-9-14-23-24(17-20)30-25(29)27-23/h2,5-6,9-11,14,17,19,22H,1,3-4,7-8,12-13,15-16H2,(H,27,29). The van der Waals surface area contributed by atoms with Crippen LogP contribution in [0.1, 0.15) is 49.1 Å². The topological polar surface area (TPSA) is 49.2 Å². The molecule has 0 saturated heterocycles. The zero-order valence-corrected chi connectivity index (χ0v) is 17.3. The molecule has 0 bridgehead atoms. The van der Waals surface area contributed by atoms with Crippen LogP contribution in [0.4, 0.5) is 4.39 Å². The van der Waals surface area contributed by atoms with Gasteiger partial charge >= 0.3 is 5.76 Å². The second-order valence-electron chi connectivity index (χ2n) is 8.29. The molecule has 4 nitrogen and oxygen atoms in total. The van der Waals surface area contributed by atoms with E-state index in [0.717, 1.165) is 57.1 Å². The molecule has 0 unspecified atom stereocenters. The quantitative estimate of drug-likeness (QED) is 0.507. The van der Waals surface area contributed by atoms with Gasteiger partial charge in [0.05, 0.1) is 5.52 Å². The molecular formula is C25H29FN2O2. The summed E-state index contributed by atoms with van der Waals surface area (Å²) in [5.74, 6) is -0.0659. The normalized spacial score (nSPS) is 19.4. The third-order valence-electron chi connectivity index (χ3n) is 6.32. The minimum atomic E-state index is -0.397. The molecule has 1 fully saturated rings. The summed E-state index contributed by atoms with van der Waals surface area (Å²) in [6, 6.07) is 13.5. The number of nitrogens with zero attached hydrogens (tertiary/aromatic N) is 1. The first-order valence-electron chi connectivity index (χ1n) is 10.8. The van der Waals surface area contributed by atoms with Gasteiger partial charge in [-0.25, -0.2) is 9.18 Å². The molecule has 158 valence electrons. The number of aromatic nitrogens is 1. The summed E-state index contributed by atoms with van der Waals surface area (Å²) in [7, 11) is 0. The van der Waals surface area contributed by atoms with E-state index in [9.17, 15) is 9.18 Å². The van der Waals surface area contributed by atoms with Crippen LogP contribution in [-0.2, 0) is 6.42 Å². The van der Waals surface area contributed by atoms with Crippen molar-refractivity contribution in [3.8, 4) is 0 Å². The summed E-state index contributed by atoms with van der Waals surface area (Å²) >= 11 is 0. The third kappa shape index (κ3) is 4.90. The fraction of sp³-hybridized carbons (Fsp3) is 0.400. The molecule has 5 heteroatoms. The molecule has 1 aliphatic carbocycles. The van der Waals surface area contributed by atoms with E-state index in [0.29, 0.717) is 17.5 Å². The zero-order chi connectivity index (χ0) is 20.9. The number of nitrogens with one attached hydrogen (secondary N) is 1. The van der Waals surface area contributed by atoms with Crippen LogP contribution < -0.4 is 5.76 Å². The van der Waals surface area contributed by atoms with Crippen molar-refractivity contribution in [2.75, 3.05) is 13.1 Å². The van der Waals surface area contributed by atoms with Crippen LogP contribution in [0, 0.1) is 5.82 Å². The largest absolute Gasteiger partial charge is 0.417 e. The molecule has 0 aliphatic heterocycles. The van der Waals surface area contributed by atoms with Crippen LogP contribution in [-0.4, -0.2) is 29.0 Å². The van der Waals surface area contributed by atoms with Gasteiger partial charge in [-0.15, -0.1) is 6.58 Å². The SMILES string of the molecule is C=CCN(CCCc1ccc(F)cc1)C1CCC(c2ccc3[nH]c(=O)oc3c2)CC1. The van der Waals surface area contributed by atoms with E-state index in [1.54, 1.807) is 0 Å². The van der Waals surface area contributed by atoms with Gasteiger partial charge in [-0.2, -0.15) is 0 Å². The highest BCUT2D eigenvalue weighted by Crippen LogP contribution is 2.35. The number of hydrogen-bond acceptors (Lipinski definition) is 3. The Kier molecular flexibility index (Phi) is 6.48. The maximum Gasteiger partial charge on any atom is 0.417 e. The van der Waals surface area contributed by atoms with E-state index in [1.807, 2.05) is 30.3 Å². The first-order chi connectivity index (χ1) is 14.6. The lowest BCUT2D eigenvalue weighted by atomic mass is 9.81. The maximum atomic E-state index is 13.1. The van der Waals surface area contributed by atoms with Crippen molar-refractivity contribution in [1.82, 2.24) is 9.88 Å². The van der Waals surface area contributed by atoms with Crippen LogP contribution in [0.3, 0.4) is 0 Å². The van der Waals surface area contributed by atoms with Crippen molar-refractivity contribution in [1.29, 1.82) is 0 Å². The Morgan fingerprint density at radius 3 is 2.63 bits per heavy atom. The number of aromatic amines is 1. The smallest absolute Gasteiger partial charge is 0.408 e. The number of H-pyrrole nitrogens is 1. The Hall–Kier alpha value is -2.66. The molecule has 0 radical (unpaired) electrons. The number of halogens is 1. The zero-order valence-electron chi connectivity index (χ0n) is 17.3. The number of fused-ring (bicyclic) bond motifs is 1. The minimum absolute atomic E-state index is 0.179. The Morgan fingerprint density at radius 1 is 1.13 bits per heavy atom. The summed E-state index contributed by atoms with van der Waals surface area (Å²) in [6.45, 7) is 5.87. The molecule has 1 aromatic heterocycles. The minimum Gasteiger partial charge on any atom is -0.408 e. The van der Waals surface area contributed by atoms with Gasteiger partial charge in [0, 0.05) is 12.6 Å². The Bertz CT molecular complexity index is 1030. The molecular weight excluding hydrogens is 379 g/mol. The number of oxazole rings is 1. The molecule has 30 heavy (non-hydrogen) atoms. The third-order valence-corrected chi connectivity index (χ3v) is 6.32. The van der Waals surface area contributed by atoms with E-state index in [1.165, 1.54) is 23.3 Å². The van der Waals surface area contributed by atoms with Gasteiger partial charge in [0.2, 0.25) is 0 Å². The van der Waals surface area contributed by atoms with Gasteiger partial charge < -0.3 is 4.42 Å². The lowest BCUT2D eigenvalue weighted by Gasteiger charge is -2.36. The van der Waals surface area contributed by atoms with Crippen molar-refractivity contribution in [2.24, 2.45) is 0 Å².